The fourth-order valence-corrected chi connectivity index (χ4v) is 0.389. The first-order valence-corrected chi connectivity index (χ1v) is 2.87. The summed E-state index contributed by atoms with van der Waals surface area (Å²) >= 11 is 0. The Morgan fingerprint density at radius 3 is 2.33 bits per heavy atom. The minimum absolute atomic E-state index is 0.583. The molecule has 0 bridgehead atoms. The molecule has 0 radical (unpaired) electrons. The molecule has 0 aromatic carbocycles. The lowest BCUT2D eigenvalue weighted by molar-refractivity contribution is -0.868. The van der Waals surface area contributed by atoms with E-state index >= 15 is 0 Å². The van der Waals surface area contributed by atoms with Gasteiger partial charge in [0.2, 0.25) is 0 Å². The SMILES string of the molecule is C[N+](C)(C)CCN=[N+]=[N-]. The van der Waals surface area contributed by atoms with Crippen LogP contribution in [0.4, 0.5) is 0 Å². The van der Waals surface area contributed by atoms with Gasteiger partial charge in [0.25, 0.3) is 0 Å². The molecule has 0 fully saturated rings. The molecule has 0 spiro atoms. The van der Waals surface area contributed by atoms with Crippen LogP contribution in [0.3, 0.4) is 0 Å². The molecule has 9 heavy (non-hydrogen) atoms. The first kappa shape index (κ1) is 8.27. The summed E-state index contributed by atoms with van der Waals surface area (Å²) in [5.74, 6) is 0. The Morgan fingerprint density at radius 2 is 2.00 bits per heavy atom. The molecule has 0 saturated heterocycles. The third-order valence-electron chi connectivity index (χ3n) is 0.934. The molecule has 0 amide bonds. The quantitative estimate of drug-likeness (QED) is 0.236. The van der Waals surface area contributed by atoms with Gasteiger partial charge in [0.1, 0.15) is 0 Å². The molecule has 0 N–H and O–H groups in total. The molecule has 4 heteroatoms. The number of azide groups is 1. The van der Waals surface area contributed by atoms with Crippen LogP contribution in [-0.4, -0.2) is 38.7 Å². The van der Waals surface area contributed by atoms with Gasteiger partial charge >= 0.3 is 0 Å². The molecule has 0 aliphatic heterocycles. The number of rotatable bonds is 3. The summed E-state index contributed by atoms with van der Waals surface area (Å²) in [6.07, 6.45) is 0. The second-order valence-electron chi connectivity index (χ2n) is 2.97. The summed E-state index contributed by atoms with van der Waals surface area (Å²) in [5.41, 5.74) is 7.91. The molecule has 0 atom stereocenters. The molecule has 0 aliphatic rings. The van der Waals surface area contributed by atoms with Gasteiger partial charge in [-0.2, -0.15) is 0 Å². The molecular weight excluding hydrogens is 116 g/mol. The highest BCUT2D eigenvalue weighted by molar-refractivity contribution is 4.43. The third kappa shape index (κ3) is 7.27. The van der Waals surface area contributed by atoms with Gasteiger partial charge in [-0.25, -0.2) is 0 Å². The monoisotopic (exact) mass is 129 g/mol. The first-order chi connectivity index (χ1) is 4.06. The van der Waals surface area contributed by atoms with Crippen molar-refractivity contribution in [1.82, 2.24) is 0 Å². The van der Waals surface area contributed by atoms with E-state index in [0.717, 1.165) is 11.0 Å². The molecule has 52 valence electrons. The summed E-state index contributed by atoms with van der Waals surface area (Å²) in [6.45, 7) is 1.48. The van der Waals surface area contributed by atoms with Gasteiger partial charge in [0.05, 0.1) is 34.2 Å². The smallest absolute Gasteiger partial charge is 0.0837 e. The Morgan fingerprint density at radius 1 is 1.44 bits per heavy atom. The van der Waals surface area contributed by atoms with Crippen LogP contribution in [0.25, 0.3) is 10.4 Å². The van der Waals surface area contributed by atoms with Crippen LogP contribution < -0.4 is 0 Å². The van der Waals surface area contributed by atoms with E-state index in [2.05, 4.69) is 31.2 Å². The fraction of sp³-hybridized carbons (Fsp3) is 1.00. The zero-order chi connectivity index (χ0) is 7.33. The lowest BCUT2D eigenvalue weighted by Gasteiger charge is -2.22. The van der Waals surface area contributed by atoms with Gasteiger partial charge in [-0.15, -0.1) is 0 Å². The molecule has 0 heterocycles. The van der Waals surface area contributed by atoms with Crippen molar-refractivity contribution in [2.24, 2.45) is 5.11 Å². The van der Waals surface area contributed by atoms with Gasteiger partial charge in [-0.05, 0) is 5.53 Å². The van der Waals surface area contributed by atoms with Crippen molar-refractivity contribution in [2.75, 3.05) is 34.2 Å². The lowest BCUT2D eigenvalue weighted by atomic mass is 10.5. The van der Waals surface area contributed by atoms with E-state index in [-0.39, 0.29) is 0 Å². The van der Waals surface area contributed by atoms with Crippen molar-refractivity contribution in [3.8, 4) is 0 Å². The Hall–Kier alpha value is -0.730. The Kier molecular flexibility index (Phi) is 3.06. The maximum atomic E-state index is 7.91. The van der Waals surface area contributed by atoms with Crippen molar-refractivity contribution < 1.29 is 4.48 Å². The summed E-state index contributed by atoms with van der Waals surface area (Å²) in [7, 11) is 6.19. The molecule has 0 saturated carbocycles. The highest BCUT2D eigenvalue weighted by atomic mass is 15.3. The molecule has 4 nitrogen and oxygen atoms in total. The largest absolute Gasteiger partial charge is 0.331 e. The van der Waals surface area contributed by atoms with Crippen LogP contribution in [-0.2, 0) is 0 Å². The number of likely N-dealkylation sites (N-methyl/N-ethyl adjacent to an activating group) is 1. The Bertz CT molecular complexity index is 117. The third-order valence-corrected chi connectivity index (χ3v) is 0.934. The first-order valence-electron chi connectivity index (χ1n) is 2.87. The number of quaternary nitrogens is 1. The zero-order valence-electron chi connectivity index (χ0n) is 6.20. The molecule has 0 aliphatic carbocycles. The maximum Gasteiger partial charge on any atom is 0.0837 e. The Labute approximate surface area is 55.3 Å². The summed E-state index contributed by atoms with van der Waals surface area (Å²) in [4.78, 5) is 2.65. The van der Waals surface area contributed by atoms with E-state index in [9.17, 15) is 0 Å². The van der Waals surface area contributed by atoms with E-state index in [1.54, 1.807) is 0 Å². The van der Waals surface area contributed by atoms with E-state index in [0.29, 0.717) is 6.54 Å². The van der Waals surface area contributed by atoms with Crippen LogP contribution >= 0.6 is 0 Å². The van der Waals surface area contributed by atoms with Crippen molar-refractivity contribution in [3.63, 3.8) is 0 Å². The van der Waals surface area contributed by atoms with E-state index in [1.165, 1.54) is 0 Å². The topological polar surface area (TPSA) is 48.8 Å². The number of hydrogen-bond donors (Lipinski definition) is 0. The molecule has 0 aromatic heterocycles. The summed E-state index contributed by atoms with van der Waals surface area (Å²) in [5, 5.41) is 3.42. The summed E-state index contributed by atoms with van der Waals surface area (Å²) in [6, 6.07) is 0. The molecule has 0 aromatic rings. The van der Waals surface area contributed by atoms with Gasteiger partial charge in [-0.1, -0.05) is 5.11 Å². The van der Waals surface area contributed by atoms with Crippen LogP contribution in [0.1, 0.15) is 0 Å². The van der Waals surface area contributed by atoms with E-state index < -0.39 is 0 Å². The predicted molar refractivity (Wildman–Crippen MR) is 36.9 cm³/mol. The minimum atomic E-state index is 0.583. The van der Waals surface area contributed by atoms with Crippen LogP contribution in [0, 0.1) is 0 Å². The Balaban J connectivity index is 3.39. The van der Waals surface area contributed by atoms with Gasteiger partial charge in [-0.3, -0.25) is 0 Å². The average Bonchev–Trinajstić information content (AvgIpc) is 1.63. The maximum absolute atomic E-state index is 7.91. The lowest BCUT2D eigenvalue weighted by Crippen LogP contribution is -2.36. The second kappa shape index (κ2) is 3.33. The van der Waals surface area contributed by atoms with Gasteiger partial charge in [0, 0.05) is 4.91 Å². The normalized spacial score (nSPS) is 10.6. The van der Waals surface area contributed by atoms with Crippen LogP contribution in [0.2, 0.25) is 0 Å². The number of nitrogens with zero attached hydrogens (tertiary/aromatic N) is 4. The van der Waals surface area contributed by atoms with Crippen LogP contribution in [0.15, 0.2) is 5.11 Å². The predicted octanol–water partition coefficient (Wildman–Crippen LogP) is 1.00. The molecule has 0 rings (SSSR count). The molecule has 0 unspecified atom stereocenters. The average molecular weight is 129 g/mol. The van der Waals surface area contributed by atoms with E-state index in [4.69, 9.17) is 5.53 Å². The summed E-state index contributed by atoms with van der Waals surface area (Å²) < 4.78 is 0.846. The van der Waals surface area contributed by atoms with Crippen LogP contribution in [0.5, 0.6) is 0 Å². The van der Waals surface area contributed by atoms with Crippen molar-refractivity contribution in [3.05, 3.63) is 10.4 Å². The fourth-order valence-electron chi connectivity index (χ4n) is 0.389. The zero-order valence-corrected chi connectivity index (χ0v) is 6.20. The van der Waals surface area contributed by atoms with Crippen molar-refractivity contribution in [1.29, 1.82) is 0 Å². The van der Waals surface area contributed by atoms with Gasteiger partial charge < -0.3 is 4.48 Å². The highest BCUT2D eigenvalue weighted by Crippen LogP contribution is 1.88. The van der Waals surface area contributed by atoms with Crippen molar-refractivity contribution in [2.45, 2.75) is 0 Å². The highest BCUT2D eigenvalue weighted by Gasteiger charge is 2.03. The van der Waals surface area contributed by atoms with Crippen molar-refractivity contribution >= 4 is 0 Å². The van der Waals surface area contributed by atoms with E-state index in [1.807, 2.05) is 0 Å². The second-order valence-corrected chi connectivity index (χ2v) is 2.97. The standard InChI is InChI=1S/C5H13N4/c1-9(2,3)5-4-7-8-6/h4-5H2,1-3H3/q+1. The minimum Gasteiger partial charge on any atom is -0.331 e. The number of hydrogen-bond acceptors (Lipinski definition) is 1. The molecular formula is C5H13N4+. The van der Waals surface area contributed by atoms with Gasteiger partial charge in [0.15, 0.2) is 0 Å².